The van der Waals surface area contributed by atoms with Gasteiger partial charge in [0.2, 0.25) is 0 Å². The van der Waals surface area contributed by atoms with Gasteiger partial charge in [-0.1, -0.05) is 85.8 Å². The van der Waals surface area contributed by atoms with Gasteiger partial charge in [0.25, 0.3) is 11.8 Å². The summed E-state index contributed by atoms with van der Waals surface area (Å²) in [7, 11) is 0. The maximum atomic E-state index is 13.2. The molecular weight excluding hydrogens is 540 g/mol. The molecule has 1 N–H and O–H groups in total. The van der Waals surface area contributed by atoms with Crippen LogP contribution in [0, 0.1) is 0 Å². The van der Waals surface area contributed by atoms with E-state index in [2.05, 4.69) is 70.3 Å². The molecule has 0 aliphatic heterocycles. The summed E-state index contributed by atoms with van der Waals surface area (Å²) in [6.45, 7) is 4.36. The Labute approximate surface area is 251 Å². The van der Waals surface area contributed by atoms with E-state index in [4.69, 9.17) is 0 Å². The Hall–Kier alpha value is -4.49. The number of hydrogen-bond donors (Lipinski definition) is 1. The minimum Gasteiger partial charge on any atom is -0.351 e. The van der Waals surface area contributed by atoms with E-state index in [-0.39, 0.29) is 17.7 Å². The van der Waals surface area contributed by atoms with Gasteiger partial charge in [-0.3, -0.25) is 9.59 Å². The average molecular weight is 577 g/mol. The predicted molar refractivity (Wildman–Crippen MR) is 169 cm³/mol. The van der Waals surface area contributed by atoms with Crippen molar-refractivity contribution in [3.05, 3.63) is 148 Å². The summed E-state index contributed by atoms with van der Waals surface area (Å²) in [5, 5.41) is 5.74. The Morgan fingerprint density at radius 1 is 0.881 bits per heavy atom. The molecule has 2 heterocycles. The highest BCUT2D eigenvalue weighted by atomic mass is 32.1. The van der Waals surface area contributed by atoms with E-state index in [0.29, 0.717) is 37.4 Å². The van der Waals surface area contributed by atoms with Gasteiger partial charge in [0.1, 0.15) is 10.7 Å². The van der Waals surface area contributed by atoms with Gasteiger partial charge < -0.3 is 14.8 Å². The van der Waals surface area contributed by atoms with Crippen molar-refractivity contribution < 1.29 is 9.59 Å². The zero-order valence-corrected chi connectivity index (χ0v) is 24.7. The molecule has 0 radical (unpaired) electrons. The predicted octanol–water partition coefficient (Wildman–Crippen LogP) is 7.00. The number of hydrogen-bond acceptors (Lipinski definition) is 4. The van der Waals surface area contributed by atoms with E-state index in [1.165, 1.54) is 22.5 Å². The number of thiazole rings is 1. The van der Waals surface area contributed by atoms with Crippen LogP contribution in [0.15, 0.2) is 115 Å². The molecule has 0 spiro atoms. The summed E-state index contributed by atoms with van der Waals surface area (Å²) >= 11 is 1.48. The molecule has 0 saturated heterocycles. The first-order chi connectivity index (χ1) is 20.6. The molecule has 0 fully saturated rings. The van der Waals surface area contributed by atoms with E-state index >= 15 is 0 Å². The van der Waals surface area contributed by atoms with Gasteiger partial charge in [0.05, 0.1) is 13.1 Å². The Morgan fingerprint density at radius 2 is 1.52 bits per heavy atom. The van der Waals surface area contributed by atoms with Crippen LogP contribution in [-0.2, 0) is 13.1 Å². The fraction of sp³-hybridized carbons (Fsp3) is 0.229. The van der Waals surface area contributed by atoms with Gasteiger partial charge >= 0.3 is 0 Å². The van der Waals surface area contributed by atoms with Crippen LogP contribution in [0.2, 0.25) is 0 Å². The molecule has 0 bridgehead atoms. The molecule has 0 atom stereocenters. The summed E-state index contributed by atoms with van der Waals surface area (Å²) in [6.07, 6.45) is 3.67. The molecule has 214 valence electrons. The van der Waals surface area contributed by atoms with Gasteiger partial charge in [0, 0.05) is 41.8 Å². The van der Waals surface area contributed by atoms with Crippen LogP contribution >= 0.6 is 11.3 Å². The highest BCUT2D eigenvalue weighted by Crippen LogP contribution is 2.27. The molecule has 0 aliphatic rings. The SMILES string of the molecule is CCCN(Cc1cccn1Cc1nc(C(=O)NCCC(c2ccccc2)c2ccccc2)cs1)C(=O)c1ccccc1. The van der Waals surface area contributed by atoms with Gasteiger partial charge in [-0.15, -0.1) is 11.3 Å². The number of benzene rings is 3. The average Bonchev–Trinajstić information content (AvgIpc) is 3.70. The number of rotatable bonds is 13. The molecule has 7 heteroatoms. The monoisotopic (exact) mass is 576 g/mol. The lowest BCUT2D eigenvalue weighted by molar-refractivity contribution is 0.0739. The summed E-state index contributed by atoms with van der Waals surface area (Å²) in [4.78, 5) is 32.7. The van der Waals surface area contributed by atoms with Crippen molar-refractivity contribution in [3.8, 4) is 0 Å². The minimum absolute atomic E-state index is 0.0279. The first kappa shape index (κ1) is 29.0. The second kappa shape index (κ2) is 14.4. The Morgan fingerprint density at radius 3 is 2.17 bits per heavy atom. The van der Waals surface area contributed by atoms with Crippen molar-refractivity contribution in [3.63, 3.8) is 0 Å². The molecule has 0 unspecified atom stereocenters. The van der Waals surface area contributed by atoms with Crippen LogP contribution in [0.1, 0.15) is 68.4 Å². The lowest BCUT2D eigenvalue weighted by atomic mass is 9.88. The zero-order chi connectivity index (χ0) is 29.1. The topological polar surface area (TPSA) is 67.2 Å². The number of aromatic nitrogens is 2. The molecule has 3 aromatic carbocycles. The summed E-state index contributed by atoms with van der Waals surface area (Å²) in [6, 6.07) is 34.3. The molecular formula is C35H36N4O2S. The fourth-order valence-electron chi connectivity index (χ4n) is 5.18. The maximum absolute atomic E-state index is 13.2. The first-order valence-electron chi connectivity index (χ1n) is 14.4. The van der Waals surface area contributed by atoms with Gasteiger partial charge in [-0.25, -0.2) is 4.98 Å². The lowest BCUT2D eigenvalue weighted by Crippen LogP contribution is -2.32. The number of carbonyl (C=O) groups excluding carboxylic acids is 2. The molecule has 0 saturated carbocycles. The van der Waals surface area contributed by atoms with Crippen molar-refractivity contribution in [2.45, 2.75) is 38.8 Å². The Bertz CT molecular complexity index is 1520. The van der Waals surface area contributed by atoms with Crippen molar-refractivity contribution in [1.82, 2.24) is 19.8 Å². The number of amides is 2. The minimum atomic E-state index is -0.160. The van der Waals surface area contributed by atoms with Crippen molar-refractivity contribution in [2.75, 3.05) is 13.1 Å². The lowest BCUT2D eigenvalue weighted by Gasteiger charge is -2.23. The van der Waals surface area contributed by atoms with Crippen LogP contribution in [0.5, 0.6) is 0 Å². The van der Waals surface area contributed by atoms with Crippen LogP contribution in [0.25, 0.3) is 0 Å². The standard InChI is InChI=1S/C35H36N4O2S/c1-2-22-39(35(41)29-17-10-5-11-18-29)24-30-19-12-23-38(30)25-33-37-32(26-42-33)34(40)36-21-20-31(27-13-6-3-7-14-27)28-15-8-4-9-16-28/h3-19,23,26,31H,2,20-22,24-25H2,1H3,(H,36,40). The number of nitrogens with zero attached hydrogens (tertiary/aromatic N) is 3. The van der Waals surface area contributed by atoms with E-state index in [0.717, 1.165) is 23.5 Å². The third-order valence-electron chi connectivity index (χ3n) is 7.29. The van der Waals surface area contributed by atoms with Crippen molar-refractivity contribution in [1.29, 1.82) is 0 Å². The molecule has 5 aromatic rings. The first-order valence-corrected chi connectivity index (χ1v) is 15.3. The van der Waals surface area contributed by atoms with Crippen LogP contribution < -0.4 is 5.32 Å². The summed E-state index contributed by atoms with van der Waals surface area (Å²) < 4.78 is 2.10. The van der Waals surface area contributed by atoms with Gasteiger partial charge in [0.15, 0.2) is 0 Å². The maximum Gasteiger partial charge on any atom is 0.270 e. The summed E-state index contributed by atoms with van der Waals surface area (Å²) in [5.74, 6) is 0.0692. The van der Waals surface area contributed by atoms with Gasteiger partial charge in [-0.2, -0.15) is 0 Å². The zero-order valence-electron chi connectivity index (χ0n) is 23.9. The summed E-state index contributed by atoms with van der Waals surface area (Å²) in [5.41, 5.74) is 4.63. The molecule has 2 aromatic heterocycles. The van der Waals surface area contributed by atoms with Crippen molar-refractivity contribution in [2.24, 2.45) is 0 Å². The third kappa shape index (κ3) is 7.42. The second-order valence-electron chi connectivity index (χ2n) is 10.3. The molecule has 42 heavy (non-hydrogen) atoms. The molecule has 0 aliphatic carbocycles. The quantitative estimate of drug-likeness (QED) is 0.164. The molecule has 6 nitrogen and oxygen atoms in total. The van der Waals surface area contributed by atoms with E-state index in [1.807, 2.05) is 71.1 Å². The normalized spacial score (nSPS) is 11.0. The van der Waals surface area contributed by atoms with E-state index in [1.54, 1.807) is 0 Å². The van der Waals surface area contributed by atoms with Crippen LogP contribution in [0.3, 0.4) is 0 Å². The van der Waals surface area contributed by atoms with E-state index in [9.17, 15) is 9.59 Å². The van der Waals surface area contributed by atoms with Crippen molar-refractivity contribution >= 4 is 23.2 Å². The van der Waals surface area contributed by atoms with Crippen LogP contribution in [-0.4, -0.2) is 39.4 Å². The Balaban J connectivity index is 1.19. The highest BCUT2D eigenvalue weighted by Gasteiger charge is 2.18. The number of nitrogens with one attached hydrogen (secondary N) is 1. The fourth-order valence-corrected chi connectivity index (χ4v) is 5.95. The highest BCUT2D eigenvalue weighted by molar-refractivity contribution is 7.09. The second-order valence-corrected chi connectivity index (χ2v) is 11.2. The van der Waals surface area contributed by atoms with Crippen LogP contribution in [0.4, 0.5) is 0 Å². The smallest absolute Gasteiger partial charge is 0.270 e. The molecule has 2 amide bonds. The largest absolute Gasteiger partial charge is 0.351 e. The Kier molecular flexibility index (Phi) is 9.96. The number of carbonyl (C=O) groups is 2. The van der Waals surface area contributed by atoms with Gasteiger partial charge in [-0.05, 0) is 48.2 Å². The third-order valence-corrected chi connectivity index (χ3v) is 8.12. The van der Waals surface area contributed by atoms with E-state index < -0.39 is 0 Å². The molecule has 5 rings (SSSR count).